The highest BCUT2D eigenvalue weighted by atomic mass is 16.1. The predicted molar refractivity (Wildman–Crippen MR) is 106 cm³/mol. The average Bonchev–Trinajstić information content (AvgIpc) is 2.58. The Bertz CT molecular complexity index is 949. The molecule has 0 fully saturated rings. The SMILES string of the molecule is CC(=O)c1ccc(Nc2nc(C)cc(Nc3ccc(C)c(C)c3)n2)cc1. The Balaban J connectivity index is 1.80. The van der Waals surface area contributed by atoms with Crippen molar-refractivity contribution in [3.63, 3.8) is 0 Å². The van der Waals surface area contributed by atoms with Crippen LogP contribution in [0, 0.1) is 20.8 Å². The molecule has 0 atom stereocenters. The van der Waals surface area contributed by atoms with Crippen LogP contribution >= 0.6 is 0 Å². The van der Waals surface area contributed by atoms with Gasteiger partial charge < -0.3 is 10.6 Å². The minimum atomic E-state index is 0.0447. The summed E-state index contributed by atoms with van der Waals surface area (Å²) in [4.78, 5) is 20.3. The van der Waals surface area contributed by atoms with E-state index in [0.29, 0.717) is 11.5 Å². The molecule has 0 radical (unpaired) electrons. The van der Waals surface area contributed by atoms with Crippen molar-refractivity contribution in [1.82, 2.24) is 9.97 Å². The van der Waals surface area contributed by atoms with Crippen LogP contribution in [0.5, 0.6) is 0 Å². The molecule has 1 heterocycles. The molecular weight excluding hydrogens is 324 g/mol. The molecule has 0 aliphatic heterocycles. The van der Waals surface area contributed by atoms with Crippen molar-refractivity contribution in [3.05, 3.63) is 70.9 Å². The molecule has 1 aromatic heterocycles. The van der Waals surface area contributed by atoms with E-state index in [1.54, 1.807) is 19.1 Å². The second kappa shape index (κ2) is 7.35. The van der Waals surface area contributed by atoms with Gasteiger partial charge in [-0.25, -0.2) is 4.98 Å². The molecule has 5 nitrogen and oxygen atoms in total. The maximum Gasteiger partial charge on any atom is 0.229 e. The number of ketones is 1. The first-order chi connectivity index (χ1) is 12.4. The number of aryl methyl sites for hydroxylation is 3. The lowest BCUT2D eigenvalue weighted by molar-refractivity contribution is 0.101. The molecule has 0 saturated heterocycles. The van der Waals surface area contributed by atoms with Crippen LogP contribution < -0.4 is 10.6 Å². The van der Waals surface area contributed by atoms with Crippen LogP contribution in [0.4, 0.5) is 23.1 Å². The van der Waals surface area contributed by atoms with Crippen molar-refractivity contribution in [3.8, 4) is 0 Å². The number of nitrogens with one attached hydrogen (secondary N) is 2. The fourth-order valence-corrected chi connectivity index (χ4v) is 2.57. The molecule has 0 unspecified atom stereocenters. The number of Topliss-reactive ketones (excluding diaryl/α,β-unsaturated/α-hetero) is 1. The van der Waals surface area contributed by atoms with Gasteiger partial charge in [-0.2, -0.15) is 4.98 Å². The Kier molecular flexibility index (Phi) is 4.98. The van der Waals surface area contributed by atoms with Gasteiger partial charge in [-0.15, -0.1) is 0 Å². The van der Waals surface area contributed by atoms with E-state index >= 15 is 0 Å². The highest BCUT2D eigenvalue weighted by molar-refractivity contribution is 5.94. The van der Waals surface area contributed by atoms with Gasteiger partial charge >= 0.3 is 0 Å². The largest absolute Gasteiger partial charge is 0.340 e. The summed E-state index contributed by atoms with van der Waals surface area (Å²) in [6.07, 6.45) is 0. The van der Waals surface area contributed by atoms with Crippen molar-refractivity contribution < 1.29 is 4.79 Å². The minimum Gasteiger partial charge on any atom is -0.340 e. The number of anilines is 4. The first-order valence-electron chi connectivity index (χ1n) is 8.49. The summed E-state index contributed by atoms with van der Waals surface area (Å²) >= 11 is 0. The molecule has 3 rings (SSSR count). The number of rotatable bonds is 5. The molecule has 0 saturated carbocycles. The molecule has 26 heavy (non-hydrogen) atoms. The molecule has 0 spiro atoms. The zero-order valence-corrected chi connectivity index (χ0v) is 15.4. The Hall–Kier alpha value is -3.21. The van der Waals surface area contributed by atoms with E-state index in [-0.39, 0.29) is 5.78 Å². The van der Waals surface area contributed by atoms with E-state index in [4.69, 9.17) is 0 Å². The van der Waals surface area contributed by atoms with Crippen molar-refractivity contribution in [2.45, 2.75) is 27.7 Å². The van der Waals surface area contributed by atoms with E-state index in [9.17, 15) is 4.79 Å². The van der Waals surface area contributed by atoms with Gasteiger partial charge in [-0.3, -0.25) is 4.79 Å². The van der Waals surface area contributed by atoms with Crippen molar-refractivity contribution in [2.24, 2.45) is 0 Å². The third kappa shape index (κ3) is 4.25. The normalized spacial score (nSPS) is 10.5. The zero-order valence-electron chi connectivity index (χ0n) is 15.4. The molecule has 2 aromatic carbocycles. The van der Waals surface area contributed by atoms with Crippen molar-refractivity contribution >= 4 is 28.9 Å². The van der Waals surface area contributed by atoms with Crippen molar-refractivity contribution in [2.75, 3.05) is 10.6 Å². The number of aromatic nitrogens is 2. The minimum absolute atomic E-state index is 0.0447. The van der Waals surface area contributed by atoms with E-state index in [1.165, 1.54) is 11.1 Å². The number of hydrogen-bond donors (Lipinski definition) is 2. The molecule has 132 valence electrons. The molecule has 0 aliphatic rings. The average molecular weight is 346 g/mol. The van der Waals surface area contributed by atoms with E-state index in [2.05, 4.69) is 46.6 Å². The van der Waals surface area contributed by atoms with Crippen LogP contribution in [0.15, 0.2) is 48.5 Å². The second-order valence-corrected chi connectivity index (χ2v) is 6.40. The topological polar surface area (TPSA) is 66.9 Å². The summed E-state index contributed by atoms with van der Waals surface area (Å²) in [6.45, 7) is 7.66. The monoisotopic (exact) mass is 346 g/mol. The Morgan fingerprint density at radius 1 is 0.808 bits per heavy atom. The van der Waals surface area contributed by atoms with Gasteiger partial charge in [-0.1, -0.05) is 6.07 Å². The van der Waals surface area contributed by atoms with Gasteiger partial charge in [0.1, 0.15) is 5.82 Å². The fourth-order valence-electron chi connectivity index (χ4n) is 2.57. The zero-order chi connectivity index (χ0) is 18.7. The van der Waals surface area contributed by atoms with E-state index < -0.39 is 0 Å². The number of nitrogens with zero attached hydrogens (tertiary/aromatic N) is 2. The summed E-state index contributed by atoms with van der Waals surface area (Å²) in [7, 11) is 0. The van der Waals surface area contributed by atoms with Gasteiger partial charge in [0.25, 0.3) is 0 Å². The Morgan fingerprint density at radius 3 is 2.15 bits per heavy atom. The maximum absolute atomic E-state index is 11.4. The van der Waals surface area contributed by atoms with Crippen molar-refractivity contribution in [1.29, 1.82) is 0 Å². The third-order valence-corrected chi connectivity index (χ3v) is 4.18. The first kappa shape index (κ1) is 17.6. The molecule has 2 N–H and O–H groups in total. The Labute approximate surface area is 153 Å². The Morgan fingerprint density at radius 2 is 1.50 bits per heavy atom. The lowest BCUT2D eigenvalue weighted by Crippen LogP contribution is -2.03. The van der Waals surface area contributed by atoms with Gasteiger partial charge in [0.05, 0.1) is 0 Å². The van der Waals surface area contributed by atoms with Crippen LogP contribution in [-0.4, -0.2) is 15.8 Å². The third-order valence-electron chi connectivity index (χ3n) is 4.18. The predicted octanol–water partition coefficient (Wildman–Crippen LogP) is 5.09. The van der Waals surface area contributed by atoms with Gasteiger partial charge in [-0.05, 0) is 75.2 Å². The number of carbonyl (C=O) groups is 1. The smallest absolute Gasteiger partial charge is 0.229 e. The van der Waals surface area contributed by atoms with Crippen LogP contribution in [0.2, 0.25) is 0 Å². The summed E-state index contributed by atoms with van der Waals surface area (Å²) in [5, 5.41) is 6.51. The van der Waals surface area contributed by atoms with Crippen LogP contribution in [0.1, 0.15) is 34.1 Å². The molecular formula is C21H22N4O. The maximum atomic E-state index is 11.4. The summed E-state index contributed by atoms with van der Waals surface area (Å²) in [6, 6.07) is 15.4. The lowest BCUT2D eigenvalue weighted by Gasteiger charge is -2.11. The van der Waals surface area contributed by atoms with Gasteiger partial charge in [0.15, 0.2) is 5.78 Å². The number of hydrogen-bond acceptors (Lipinski definition) is 5. The first-order valence-corrected chi connectivity index (χ1v) is 8.49. The number of benzene rings is 2. The van der Waals surface area contributed by atoms with Crippen LogP contribution in [0.25, 0.3) is 0 Å². The quantitative estimate of drug-likeness (QED) is 0.630. The van der Waals surface area contributed by atoms with Gasteiger partial charge in [0, 0.05) is 28.7 Å². The molecule has 0 bridgehead atoms. The second-order valence-electron chi connectivity index (χ2n) is 6.40. The summed E-state index contributed by atoms with van der Waals surface area (Å²) < 4.78 is 0. The highest BCUT2D eigenvalue weighted by Gasteiger charge is 2.05. The summed E-state index contributed by atoms with van der Waals surface area (Å²) in [5.74, 6) is 1.28. The van der Waals surface area contributed by atoms with Gasteiger partial charge in [0.2, 0.25) is 5.95 Å². The lowest BCUT2D eigenvalue weighted by atomic mass is 10.1. The molecule has 0 aliphatic carbocycles. The van der Waals surface area contributed by atoms with E-state index in [1.807, 2.05) is 31.2 Å². The summed E-state index contributed by atoms with van der Waals surface area (Å²) in [5.41, 5.74) is 5.84. The number of carbonyl (C=O) groups excluding carboxylic acids is 1. The van der Waals surface area contributed by atoms with E-state index in [0.717, 1.165) is 22.9 Å². The van der Waals surface area contributed by atoms with Crippen LogP contribution in [0.3, 0.4) is 0 Å². The fraction of sp³-hybridized carbons (Fsp3) is 0.190. The molecule has 0 amide bonds. The highest BCUT2D eigenvalue weighted by Crippen LogP contribution is 2.21. The standard InChI is InChI=1S/C21H22N4O/c1-13-5-8-19(11-14(13)2)23-20-12-15(3)22-21(25-20)24-18-9-6-17(7-10-18)16(4)26/h5-12H,1-4H3,(H2,22,23,24,25). The van der Waals surface area contributed by atoms with Crippen LogP contribution in [-0.2, 0) is 0 Å². The molecule has 5 heteroatoms. The molecule has 3 aromatic rings.